The average molecular weight is 365 g/mol. The van der Waals surface area contributed by atoms with E-state index in [-0.39, 0.29) is 11.9 Å². The minimum Gasteiger partial charge on any atom is -0.465 e. The third kappa shape index (κ3) is 4.23. The summed E-state index contributed by atoms with van der Waals surface area (Å²) in [6.07, 6.45) is 10.3. The van der Waals surface area contributed by atoms with Crippen molar-refractivity contribution in [1.82, 2.24) is 4.90 Å². The number of esters is 1. The Morgan fingerprint density at radius 1 is 1.16 bits per heavy atom. The first-order valence-corrected chi connectivity index (χ1v) is 10.1. The van der Waals surface area contributed by atoms with E-state index in [1.165, 1.54) is 44.1 Å². The standard InChI is InChI=1S/C19H28N2O3S/c1-21(13-8-4-3-5-9-13)12-16(22)20-18-17(19(23)24-2)14-10-6-7-11-15(14)25-18/h13H,3-12H2,1-2H3,(H,20,22). The quantitative estimate of drug-likeness (QED) is 0.811. The van der Waals surface area contributed by atoms with Crippen LogP contribution < -0.4 is 5.32 Å². The van der Waals surface area contributed by atoms with Crippen LogP contribution in [0.25, 0.3) is 0 Å². The van der Waals surface area contributed by atoms with Gasteiger partial charge >= 0.3 is 5.97 Å². The zero-order valence-electron chi connectivity index (χ0n) is 15.2. The van der Waals surface area contributed by atoms with Gasteiger partial charge in [-0.3, -0.25) is 9.69 Å². The molecule has 0 unspecified atom stereocenters. The highest BCUT2D eigenvalue weighted by molar-refractivity contribution is 7.17. The summed E-state index contributed by atoms with van der Waals surface area (Å²) < 4.78 is 4.97. The molecule has 6 heteroatoms. The number of aryl methyl sites for hydroxylation is 1. The first-order chi connectivity index (χ1) is 12.1. The van der Waals surface area contributed by atoms with Crippen LogP contribution in [0.5, 0.6) is 0 Å². The Balaban J connectivity index is 1.70. The Hall–Kier alpha value is -1.40. The Bertz CT molecular complexity index is 635. The second-order valence-corrected chi connectivity index (χ2v) is 8.27. The number of likely N-dealkylation sites (N-methyl/N-ethyl adjacent to an activating group) is 1. The van der Waals surface area contributed by atoms with Gasteiger partial charge in [0.2, 0.25) is 5.91 Å². The van der Waals surface area contributed by atoms with E-state index in [1.54, 1.807) is 11.3 Å². The molecule has 1 fully saturated rings. The number of hydrogen-bond donors (Lipinski definition) is 1. The third-order valence-corrected chi connectivity index (χ3v) is 6.61. The monoisotopic (exact) mass is 364 g/mol. The summed E-state index contributed by atoms with van der Waals surface area (Å²) in [7, 11) is 3.42. The van der Waals surface area contributed by atoms with Gasteiger partial charge in [0.05, 0.1) is 19.2 Å². The second-order valence-electron chi connectivity index (χ2n) is 7.16. The van der Waals surface area contributed by atoms with Crippen molar-refractivity contribution in [2.45, 2.75) is 63.8 Å². The largest absolute Gasteiger partial charge is 0.465 e. The number of ether oxygens (including phenoxy) is 1. The molecule has 0 saturated heterocycles. The van der Waals surface area contributed by atoms with E-state index in [2.05, 4.69) is 10.2 Å². The maximum atomic E-state index is 12.5. The number of nitrogens with zero attached hydrogens (tertiary/aromatic N) is 1. The number of thiophene rings is 1. The summed E-state index contributed by atoms with van der Waals surface area (Å²) in [4.78, 5) is 28.2. The number of carbonyl (C=O) groups is 2. The van der Waals surface area contributed by atoms with Crippen LogP contribution in [0, 0.1) is 0 Å². The number of nitrogens with one attached hydrogen (secondary N) is 1. The van der Waals surface area contributed by atoms with Crippen LogP contribution in [0.3, 0.4) is 0 Å². The van der Waals surface area contributed by atoms with E-state index in [0.717, 1.165) is 31.2 Å². The lowest BCUT2D eigenvalue weighted by atomic mass is 9.94. The SMILES string of the molecule is COC(=O)c1c(NC(=O)CN(C)C2CCCCC2)sc2c1CCCC2. The fourth-order valence-corrected chi connectivity index (χ4v) is 5.31. The number of carbonyl (C=O) groups excluding carboxylic acids is 2. The zero-order valence-corrected chi connectivity index (χ0v) is 16.0. The first-order valence-electron chi connectivity index (χ1n) is 9.33. The normalized spacial score (nSPS) is 18.0. The highest BCUT2D eigenvalue weighted by Crippen LogP contribution is 2.38. The molecule has 0 spiro atoms. The molecule has 1 N–H and O–H groups in total. The third-order valence-electron chi connectivity index (χ3n) is 5.40. The number of anilines is 1. The Morgan fingerprint density at radius 2 is 1.88 bits per heavy atom. The van der Waals surface area contributed by atoms with Gasteiger partial charge in [-0.2, -0.15) is 0 Å². The van der Waals surface area contributed by atoms with Gasteiger partial charge in [-0.25, -0.2) is 4.79 Å². The summed E-state index contributed by atoms with van der Waals surface area (Å²) >= 11 is 1.55. The molecule has 1 aromatic heterocycles. The van der Waals surface area contributed by atoms with Crippen LogP contribution in [0.2, 0.25) is 0 Å². The lowest BCUT2D eigenvalue weighted by Crippen LogP contribution is -2.39. The Morgan fingerprint density at radius 3 is 2.60 bits per heavy atom. The van der Waals surface area contributed by atoms with Gasteiger partial charge in [0.1, 0.15) is 5.00 Å². The molecule has 0 bridgehead atoms. The summed E-state index contributed by atoms with van der Waals surface area (Å²) in [5.74, 6) is -0.382. The molecule has 1 amide bonds. The molecule has 3 rings (SSSR count). The van der Waals surface area contributed by atoms with Crippen LogP contribution in [0.4, 0.5) is 5.00 Å². The smallest absolute Gasteiger partial charge is 0.341 e. The first kappa shape index (κ1) is 18.4. The Kier molecular flexibility index (Phi) is 6.12. The van der Waals surface area contributed by atoms with Crippen molar-refractivity contribution in [3.05, 3.63) is 16.0 Å². The van der Waals surface area contributed by atoms with Crippen LogP contribution in [0.1, 0.15) is 65.7 Å². The van der Waals surface area contributed by atoms with Crippen molar-refractivity contribution in [1.29, 1.82) is 0 Å². The van der Waals surface area contributed by atoms with Gasteiger partial charge in [-0.15, -0.1) is 11.3 Å². The molecular weight excluding hydrogens is 336 g/mol. The van der Waals surface area contributed by atoms with Crippen molar-refractivity contribution >= 4 is 28.2 Å². The number of rotatable bonds is 5. The molecule has 2 aliphatic rings. The van der Waals surface area contributed by atoms with E-state index in [9.17, 15) is 9.59 Å². The molecule has 0 radical (unpaired) electrons. The van der Waals surface area contributed by atoms with Gasteiger partial charge in [0.15, 0.2) is 0 Å². The highest BCUT2D eigenvalue weighted by Gasteiger charge is 2.27. The molecule has 0 atom stereocenters. The topological polar surface area (TPSA) is 58.6 Å². The summed E-state index contributed by atoms with van der Waals surface area (Å²) in [5.41, 5.74) is 1.66. The molecule has 1 heterocycles. The van der Waals surface area contributed by atoms with E-state index >= 15 is 0 Å². The minimum atomic E-state index is -0.338. The molecule has 138 valence electrons. The van der Waals surface area contributed by atoms with Crippen molar-refractivity contribution in [2.24, 2.45) is 0 Å². The van der Waals surface area contributed by atoms with Crippen molar-refractivity contribution in [3.63, 3.8) is 0 Å². The highest BCUT2D eigenvalue weighted by atomic mass is 32.1. The number of methoxy groups -OCH3 is 1. The molecule has 0 aliphatic heterocycles. The van der Waals surface area contributed by atoms with E-state index in [1.807, 2.05) is 7.05 Å². The van der Waals surface area contributed by atoms with Crippen molar-refractivity contribution in [2.75, 3.05) is 26.0 Å². The average Bonchev–Trinajstić information content (AvgIpc) is 2.99. The molecule has 1 aromatic rings. The maximum absolute atomic E-state index is 12.5. The van der Waals surface area contributed by atoms with E-state index in [0.29, 0.717) is 23.2 Å². The van der Waals surface area contributed by atoms with Crippen LogP contribution in [0.15, 0.2) is 0 Å². The van der Waals surface area contributed by atoms with Gasteiger partial charge in [0.25, 0.3) is 0 Å². The summed E-state index contributed by atoms with van der Waals surface area (Å²) in [6, 6.07) is 0.496. The molecule has 1 saturated carbocycles. The van der Waals surface area contributed by atoms with Crippen LogP contribution >= 0.6 is 11.3 Å². The summed E-state index contributed by atoms with van der Waals surface area (Å²) in [6.45, 7) is 0.369. The summed E-state index contributed by atoms with van der Waals surface area (Å²) in [5, 5.41) is 3.66. The lowest BCUT2D eigenvalue weighted by Gasteiger charge is -2.30. The zero-order chi connectivity index (χ0) is 17.8. The fourth-order valence-electron chi connectivity index (χ4n) is 4.02. The molecule has 0 aromatic carbocycles. The lowest BCUT2D eigenvalue weighted by molar-refractivity contribution is -0.117. The fraction of sp³-hybridized carbons (Fsp3) is 0.684. The van der Waals surface area contributed by atoms with E-state index < -0.39 is 0 Å². The van der Waals surface area contributed by atoms with Crippen LogP contribution in [-0.2, 0) is 22.4 Å². The van der Waals surface area contributed by atoms with Gasteiger partial charge < -0.3 is 10.1 Å². The van der Waals surface area contributed by atoms with Crippen molar-refractivity contribution < 1.29 is 14.3 Å². The van der Waals surface area contributed by atoms with E-state index in [4.69, 9.17) is 4.74 Å². The molecule has 25 heavy (non-hydrogen) atoms. The molecular formula is C19H28N2O3S. The number of amides is 1. The Labute approximate surface area is 153 Å². The number of fused-ring (bicyclic) bond motifs is 1. The van der Waals surface area contributed by atoms with Gasteiger partial charge in [0, 0.05) is 10.9 Å². The second kappa shape index (κ2) is 8.32. The molecule has 2 aliphatic carbocycles. The minimum absolute atomic E-state index is 0.0446. The van der Waals surface area contributed by atoms with Crippen molar-refractivity contribution in [3.8, 4) is 0 Å². The van der Waals surface area contributed by atoms with Gasteiger partial charge in [-0.05, 0) is 51.1 Å². The van der Waals surface area contributed by atoms with Gasteiger partial charge in [-0.1, -0.05) is 19.3 Å². The predicted octanol–water partition coefficient (Wildman–Crippen LogP) is 3.62. The molecule has 5 nitrogen and oxygen atoms in total. The predicted molar refractivity (Wildman–Crippen MR) is 100 cm³/mol. The van der Waals surface area contributed by atoms with Crippen LogP contribution in [-0.4, -0.2) is 43.5 Å². The number of hydrogen-bond acceptors (Lipinski definition) is 5. The maximum Gasteiger partial charge on any atom is 0.341 e.